The minimum atomic E-state index is -1.20. The molecule has 0 fully saturated rings. The SMILES string of the molecule is CC(C)(C)OC(=O)NCCC(=O)N[C@@H](CC(=O)OCc1ccccc1)C(=O)NCCc1ccc(C(=O)O)cc1. The molecule has 2 aromatic carbocycles. The lowest BCUT2D eigenvalue weighted by Crippen LogP contribution is -2.49. The molecule has 0 saturated carbocycles. The number of carbonyl (C=O) groups is 5. The second-order valence-electron chi connectivity index (χ2n) is 9.69. The van der Waals surface area contributed by atoms with Gasteiger partial charge in [0.05, 0.1) is 12.0 Å². The van der Waals surface area contributed by atoms with Crippen molar-refractivity contribution in [2.75, 3.05) is 13.1 Å². The number of nitrogens with one attached hydrogen (secondary N) is 3. The van der Waals surface area contributed by atoms with E-state index >= 15 is 0 Å². The average Bonchev–Trinajstić information content (AvgIpc) is 2.87. The number of amides is 3. The van der Waals surface area contributed by atoms with Crippen LogP contribution < -0.4 is 16.0 Å². The molecule has 0 spiro atoms. The molecule has 11 heteroatoms. The molecule has 3 amide bonds. The third-order valence-electron chi connectivity index (χ3n) is 5.20. The first-order valence-corrected chi connectivity index (χ1v) is 12.5. The highest BCUT2D eigenvalue weighted by atomic mass is 16.6. The Morgan fingerprint density at radius 3 is 2.15 bits per heavy atom. The van der Waals surface area contributed by atoms with Crippen molar-refractivity contribution in [3.05, 3.63) is 71.3 Å². The summed E-state index contributed by atoms with van der Waals surface area (Å²) in [7, 11) is 0. The maximum atomic E-state index is 12.9. The second-order valence-corrected chi connectivity index (χ2v) is 9.69. The van der Waals surface area contributed by atoms with Gasteiger partial charge in [-0.25, -0.2) is 9.59 Å². The number of rotatable bonds is 13. The minimum Gasteiger partial charge on any atom is -0.478 e. The van der Waals surface area contributed by atoms with Crippen LogP contribution >= 0.6 is 0 Å². The topological polar surface area (TPSA) is 160 Å². The Morgan fingerprint density at radius 1 is 0.872 bits per heavy atom. The zero-order valence-corrected chi connectivity index (χ0v) is 22.3. The summed E-state index contributed by atoms with van der Waals surface area (Å²) < 4.78 is 10.4. The number of aromatic carboxylic acids is 1. The number of esters is 1. The number of hydrogen-bond donors (Lipinski definition) is 4. The Hall–Kier alpha value is -4.41. The van der Waals surface area contributed by atoms with E-state index in [2.05, 4.69) is 16.0 Å². The Morgan fingerprint density at radius 2 is 1.54 bits per heavy atom. The van der Waals surface area contributed by atoms with Crippen molar-refractivity contribution in [1.82, 2.24) is 16.0 Å². The average molecular weight is 542 g/mol. The second kappa shape index (κ2) is 15.1. The highest BCUT2D eigenvalue weighted by Crippen LogP contribution is 2.07. The van der Waals surface area contributed by atoms with Gasteiger partial charge in [-0.05, 0) is 50.5 Å². The standard InChI is InChI=1S/C28H35N3O8/c1-28(2,3)39-27(37)30-16-14-23(32)31-22(17-24(33)38-18-20-7-5-4-6-8-20)25(34)29-15-13-19-9-11-21(12-10-19)26(35)36/h4-12,22H,13-18H2,1-3H3,(H,29,34)(H,30,37)(H,31,32)(H,35,36)/t22-/m0/s1. The van der Waals surface area contributed by atoms with Crippen LogP contribution in [0.3, 0.4) is 0 Å². The number of benzene rings is 2. The highest BCUT2D eigenvalue weighted by molar-refractivity contribution is 5.91. The van der Waals surface area contributed by atoms with Crippen LogP contribution in [0.1, 0.15) is 55.1 Å². The summed E-state index contributed by atoms with van der Waals surface area (Å²) in [6.45, 7) is 5.32. The molecule has 39 heavy (non-hydrogen) atoms. The molecule has 0 aliphatic rings. The molecule has 0 radical (unpaired) electrons. The van der Waals surface area contributed by atoms with Gasteiger partial charge in [-0.2, -0.15) is 0 Å². The van der Waals surface area contributed by atoms with E-state index in [0.29, 0.717) is 6.42 Å². The molecule has 1 atom stereocenters. The summed E-state index contributed by atoms with van der Waals surface area (Å²) in [4.78, 5) is 60.6. The highest BCUT2D eigenvalue weighted by Gasteiger charge is 2.25. The molecule has 0 aliphatic carbocycles. The third-order valence-corrected chi connectivity index (χ3v) is 5.20. The summed E-state index contributed by atoms with van der Waals surface area (Å²) in [6, 6.07) is 14.1. The first kappa shape index (κ1) is 30.8. The van der Waals surface area contributed by atoms with Gasteiger partial charge in [-0.1, -0.05) is 42.5 Å². The molecule has 0 unspecified atom stereocenters. The van der Waals surface area contributed by atoms with Crippen molar-refractivity contribution in [2.45, 2.75) is 58.3 Å². The van der Waals surface area contributed by atoms with Crippen LogP contribution in [0.15, 0.2) is 54.6 Å². The van der Waals surface area contributed by atoms with E-state index in [1.165, 1.54) is 12.1 Å². The van der Waals surface area contributed by atoms with Crippen LogP contribution in [0.4, 0.5) is 4.79 Å². The Labute approximate surface area is 227 Å². The monoisotopic (exact) mass is 541 g/mol. The van der Waals surface area contributed by atoms with Crippen molar-refractivity contribution in [1.29, 1.82) is 0 Å². The molecule has 0 bridgehead atoms. The summed E-state index contributed by atoms with van der Waals surface area (Å²) in [6.07, 6.45) is -0.801. The van der Waals surface area contributed by atoms with Crippen molar-refractivity contribution in [3.8, 4) is 0 Å². The smallest absolute Gasteiger partial charge is 0.407 e. The fourth-order valence-corrected chi connectivity index (χ4v) is 3.30. The van der Waals surface area contributed by atoms with Crippen molar-refractivity contribution in [2.24, 2.45) is 0 Å². The molecule has 2 rings (SSSR count). The van der Waals surface area contributed by atoms with E-state index in [1.807, 2.05) is 6.07 Å². The van der Waals surface area contributed by atoms with Gasteiger partial charge in [0.1, 0.15) is 18.2 Å². The van der Waals surface area contributed by atoms with E-state index in [-0.39, 0.29) is 31.7 Å². The molecule has 0 aromatic heterocycles. The Kier molecular flexibility index (Phi) is 11.9. The summed E-state index contributed by atoms with van der Waals surface area (Å²) in [5, 5.41) is 16.7. The van der Waals surface area contributed by atoms with Crippen LogP contribution in [0.5, 0.6) is 0 Å². The number of carbonyl (C=O) groups excluding carboxylic acids is 4. The van der Waals surface area contributed by atoms with Gasteiger partial charge in [0, 0.05) is 19.5 Å². The number of carboxylic acid groups (broad SMARTS) is 1. The summed E-state index contributed by atoms with van der Waals surface area (Å²) >= 11 is 0. The zero-order chi connectivity index (χ0) is 28.8. The molecule has 0 saturated heterocycles. The van der Waals surface area contributed by atoms with Gasteiger partial charge in [0.2, 0.25) is 11.8 Å². The van der Waals surface area contributed by atoms with Gasteiger partial charge in [-0.3, -0.25) is 14.4 Å². The Balaban J connectivity index is 1.92. The van der Waals surface area contributed by atoms with E-state index in [9.17, 15) is 24.0 Å². The lowest BCUT2D eigenvalue weighted by molar-refractivity contribution is -0.147. The lowest BCUT2D eigenvalue weighted by Gasteiger charge is -2.20. The van der Waals surface area contributed by atoms with Crippen molar-refractivity contribution in [3.63, 3.8) is 0 Å². The third kappa shape index (κ3) is 12.6. The molecule has 2 aromatic rings. The number of carboxylic acids is 1. The van der Waals surface area contributed by atoms with Crippen molar-refractivity contribution >= 4 is 29.8 Å². The lowest BCUT2D eigenvalue weighted by atomic mass is 10.1. The maximum Gasteiger partial charge on any atom is 0.407 e. The molecule has 0 aliphatic heterocycles. The fourth-order valence-electron chi connectivity index (χ4n) is 3.30. The van der Waals surface area contributed by atoms with Crippen LogP contribution in [-0.4, -0.2) is 59.7 Å². The van der Waals surface area contributed by atoms with Crippen LogP contribution in [0.2, 0.25) is 0 Å². The fraction of sp³-hybridized carbons (Fsp3) is 0.393. The van der Waals surface area contributed by atoms with Gasteiger partial charge < -0.3 is 30.5 Å². The van der Waals surface area contributed by atoms with Crippen molar-refractivity contribution < 1.29 is 38.6 Å². The normalized spacial score (nSPS) is 11.6. The van der Waals surface area contributed by atoms with E-state index in [0.717, 1.165) is 11.1 Å². The predicted octanol–water partition coefficient (Wildman–Crippen LogP) is 2.58. The van der Waals surface area contributed by atoms with Crippen LogP contribution in [0, 0.1) is 0 Å². The Bertz CT molecular complexity index is 1130. The molecule has 210 valence electrons. The minimum absolute atomic E-state index is 0.0219. The van der Waals surface area contributed by atoms with Crippen LogP contribution in [-0.2, 0) is 36.9 Å². The molecule has 11 nitrogen and oxygen atoms in total. The number of ether oxygens (including phenoxy) is 2. The molecular weight excluding hydrogens is 506 g/mol. The predicted molar refractivity (Wildman–Crippen MR) is 142 cm³/mol. The number of hydrogen-bond acceptors (Lipinski definition) is 7. The van der Waals surface area contributed by atoms with E-state index < -0.39 is 47.9 Å². The first-order chi connectivity index (χ1) is 18.4. The van der Waals surface area contributed by atoms with E-state index in [4.69, 9.17) is 14.6 Å². The van der Waals surface area contributed by atoms with Gasteiger partial charge in [0.25, 0.3) is 0 Å². The van der Waals surface area contributed by atoms with Gasteiger partial charge >= 0.3 is 18.0 Å². The first-order valence-electron chi connectivity index (χ1n) is 12.5. The zero-order valence-electron chi connectivity index (χ0n) is 22.3. The molecule has 0 heterocycles. The largest absolute Gasteiger partial charge is 0.478 e. The van der Waals surface area contributed by atoms with Crippen LogP contribution in [0.25, 0.3) is 0 Å². The van der Waals surface area contributed by atoms with Gasteiger partial charge in [0.15, 0.2) is 0 Å². The number of alkyl carbamates (subject to hydrolysis) is 1. The summed E-state index contributed by atoms with van der Waals surface area (Å²) in [5.74, 6) is -2.84. The quantitative estimate of drug-likeness (QED) is 0.282. The van der Waals surface area contributed by atoms with Gasteiger partial charge in [-0.15, -0.1) is 0 Å². The molecular formula is C28H35N3O8. The summed E-state index contributed by atoms with van der Waals surface area (Å²) in [5.41, 5.74) is 1.05. The van der Waals surface area contributed by atoms with E-state index in [1.54, 1.807) is 57.2 Å². The molecule has 4 N–H and O–H groups in total. The maximum absolute atomic E-state index is 12.9.